The number of benzene rings is 4. The average Bonchev–Trinajstić information content (AvgIpc) is 3.06. The van der Waals surface area contributed by atoms with Gasteiger partial charge in [-0.1, -0.05) is 96.5 Å². The van der Waals surface area contributed by atoms with Crippen LogP contribution < -0.4 is 4.74 Å². The van der Waals surface area contributed by atoms with Crippen LogP contribution in [0.15, 0.2) is 103 Å². The van der Waals surface area contributed by atoms with E-state index >= 15 is 0 Å². The molecule has 0 fully saturated rings. The molecule has 31 heavy (non-hydrogen) atoms. The quantitative estimate of drug-likeness (QED) is 0.323. The lowest BCUT2D eigenvalue weighted by molar-refractivity contribution is 0.213. The molecular formula is C29H19ClO. The van der Waals surface area contributed by atoms with Crippen molar-refractivity contribution in [2.24, 2.45) is 0 Å². The molecule has 0 saturated carbocycles. The van der Waals surface area contributed by atoms with E-state index in [-0.39, 0.29) is 0 Å². The molecule has 0 aromatic heterocycles. The summed E-state index contributed by atoms with van der Waals surface area (Å²) < 4.78 is 6.92. The van der Waals surface area contributed by atoms with Crippen LogP contribution in [0.5, 0.6) is 5.75 Å². The molecule has 6 rings (SSSR count). The van der Waals surface area contributed by atoms with Crippen molar-refractivity contribution in [2.75, 3.05) is 0 Å². The summed E-state index contributed by atoms with van der Waals surface area (Å²) in [5.41, 5.74) is 7.16. The van der Waals surface area contributed by atoms with Crippen LogP contribution in [0, 0.1) is 0 Å². The Morgan fingerprint density at radius 2 is 1.19 bits per heavy atom. The van der Waals surface area contributed by atoms with Gasteiger partial charge in [0.1, 0.15) is 5.75 Å². The molecule has 1 aliphatic heterocycles. The molecule has 0 spiro atoms. The standard InChI is InChI=1S/C29H19ClO/c30-24-16-14-23(15-17-24)29-26(20-8-2-1-3-9-20)18-21-10-4-5-11-22(21)19-27(29)25-12-6-7-13-28(25)31-29/h1-19H/t29-/m0/s1. The molecule has 1 nitrogen and oxygen atoms in total. The van der Waals surface area contributed by atoms with Crippen molar-refractivity contribution in [3.63, 3.8) is 0 Å². The zero-order valence-electron chi connectivity index (χ0n) is 16.8. The molecule has 1 aliphatic carbocycles. The number of ether oxygens (including phenoxy) is 1. The maximum atomic E-state index is 6.92. The summed E-state index contributed by atoms with van der Waals surface area (Å²) in [6.45, 7) is 0. The topological polar surface area (TPSA) is 9.23 Å². The van der Waals surface area contributed by atoms with Crippen LogP contribution in [0.25, 0.3) is 23.3 Å². The van der Waals surface area contributed by atoms with E-state index in [4.69, 9.17) is 16.3 Å². The molecule has 0 saturated heterocycles. The van der Waals surface area contributed by atoms with E-state index < -0.39 is 5.60 Å². The number of hydrogen-bond acceptors (Lipinski definition) is 1. The molecular weight excluding hydrogens is 400 g/mol. The van der Waals surface area contributed by atoms with Gasteiger partial charge in [-0.3, -0.25) is 0 Å². The number of hydrogen-bond donors (Lipinski definition) is 0. The van der Waals surface area contributed by atoms with Gasteiger partial charge in [0, 0.05) is 27.3 Å². The Morgan fingerprint density at radius 3 is 1.94 bits per heavy atom. The molecule has 2 heteroatoms. The Hall–Kier alpha value is -3.55. The van der Waals surface area contributed by atoms with E-state index in [0.29, 0.717) is 5.02 Å². The van der Waals surface area contributed by atoms with Crippen molar-refractivity contribution in [1.29, 1.82) is 0 Å². The van der Waals surface area contributed by atoms with Crippen LogP contribution in [0.4, 0.5) is 0 Å². The van der Waals surface area contributed by atoms with Gasteiger partial charge in [0.2, 0.25) is 0 Å². The lowest BCUT2D eigenvalue weighted by atomic mass is 9.76. The highest BCUT2D eigenvalue weighted by molar-refractivity contribution is 6.30. The summed E-state index contributed by atoms with van der Waals surface area (Å²) in [5.74, 6) is 0.893. The van der Waals surface area contributed by atoms with Crippen LogP contribution in [0.2, 0.25) is 5.02 Å². The number of para-hydroxylation sites is 1. The van der Waals surface area contributed by atoms with E-state index in [9.17, 15) is 0 Å². The van der Waals surface area contributed by atoms with Crippen molar-refractivity contribution in [2.45, 2.75) is 5.60 Å². The van der Waals surface area contributed by atoms with E-state index in [1.54, 1.807) is 0 Å². The van der Waals surface area contributed by atoms with Crippen LogP contribution in [-0.4, -0.2) is 0 Å². The SMILES string of the molecule is Clc1ccc([C@@]23Oc4ccccc4C2=Cc2ccccc2C=C3c2ccccc2)cc1. The number of halogens is 1. The first-order chi connectivity index (χ1) is 15.3. The third kappa shape index (κ3) is 2.78. The maximum Gasteiger partial charge on any atom is 0.185 e. The second-order valence-electron chi connectivity index (χ2n) is 7.90. The van der Waals surface area contributed by atoms with Gasteiger partial charge < -0.3 is 4.74 Å². The maximum absolute atomic E-state index is 6.92. The van der Waals surface area contributed by atoms with Crippen molar-refractivity contribution in [3.8, 4) is 5.75 Å². The third-order valence-electron chi connectivity index (χ3n) is 6.13. The molecule has 4 aromatic carbocycles. The largest absolute Gasteiger partial charge is 0.472 e. The second kappa shape index (κ2) is 7.01. The lowest BCUT2D eigenvalue weighted by Gasteiger charge is -2.34. The Balaban J connectivity index is 1.75. The fraction of sp³-hybridized carbons (Fsp3) is 0.0345. The van der Waals surface area contributed by atoms with Gasteiger partial charge in [-0.15, -0.1) is 0 Å². The number of fused-ring (bicyclic) bond motifs is 4. The van der Waals surface area contributed by atoms with Crippen LogP contribution in [-0.2, 0) is 5.60 Å². The monoisotopic (exact) mass is 418 g/mol. The van der Waals surface area contributed by atoms with Gasteiger partial charge in [0.05, 0.1) is 0 Å². The zero-order chi connectivity index (χ0) is 20.8. The highest BCUT2D eigenvalue weighted by Gasteiger charge is 2.49. The Bertz CT molecular complexity index is 1330. The predicted octanol–water partition coefficient (Wildman–Crippen LogP) is 7.72. The minimum atomic E-state index is -0.769. The van der Waals surface area contributed by atoms with E-state index in [1.807, 2.05) is 24.3 Å². The first-order valence-electron chi connectivity index (χ1n) is 10.4. The molecule has 4 aromatic rings. The predicted molar refractivity (Wildman–Crippen MR) is 129 cm³/mol. The summed E-state index contributed by atoms with van der Waals surface area (Å²) in [6.07, 6.45) is 4.55. The second-order valence-corrected chi connectivity index (χ2v) is 8.33. The van der Waals surface area contributed by atoms with Gasteiger partial charge in [-0.25, -0.2) is 0 Å². The Labute approximate surface area is 186 Å². The van der Waals surface area contributed by atoms with Crippen LogP contribution in [0.3, 0.4) is 0 Å². The fourth-order valence-electron chi connectivity index (χ4n) is 4.71. The van der Waals surface area contributed by atoms with E-state index in [1.165, 1.54) is 11.1 Å². The number of rotatable bonds is 2. The van der Waals surface area contributed by atoms with E-state index in [2.05, 4.69) is 91.0 Å². The summed E-state index contributed by atoms with van der Waals surface area (Å²) in [6, 6.07) is 35.4. The first-order valence-corrected chi connectivity index (χ1v) is 10.8. The minimum absolute atomic E-state index is 0.711. The molecule has 0 amide bonds. The van der Waals surface area contributed by atoms with Gasteiger partial charge in [-0.2, -0.15) is 0 Å². The van der Waals surface area contributed by atoms with Gasteiger partial charge in [0.25, 0.3) is 0 Å². The average molecular weight is 419 g/mol. The molecule has 0 unspecified atom stereocenters. The highest BCUT2D eigenvalue weighted by Crippen LogP contribution is 2.58. The Kier molecular flexibility index (Phi) is 4.12. The Morgan fingerprint density at radius 1 is 0.581 bits per heavy atom. The molecule has 148 valence electrons. The smallest absolute Gasteiger partial charge is 0.185 e. The fourth-order valence-corrected chi connectivity index (χ4v) is 4.84. The third-order valence-corrected chi connectivity index (χ3v) is 6.38. The summed E-state index contributed by atoms with van der Waals surface area (Å²) in [5, 5.41) is 0.711. The minimum Gasteiger partial charge on any atom is -0.472 e. The van der Waals surface area contributed by atoms with Crippen LogP contribution in [0.1, 0.15) is 27.8 Å². The van der Waals surface area contributed by atoms with Crippen molar-refractivity contribution in [3.05, 3.63) is 136 Å². The van der Waals surface area contributed by atoms with Crippen molar-refractivity contribution >= 4 is 34.9 Å². The normalized spacial score (nSPS) is 18.6. The lowest BCUT2D eigenvalue weighted by Crippen LogP contribution is -2.32. The summed E-state index contributed by atoms with van der Waals surface area (Å²) in [7, 11) is 0. The van der Waals surface area contributed by atoms with Crippen molar-refractivity contribution in [1.82, 2.24) is 0 Å². The molecule has 0 bridgehead atoms. The molecule has 2 aliphatic rings. The first kappa shape index (κ1) is 18.2. The summed E-state index contributed by atoms with van der Waals surface area (Å²) >= 11 is 6.27. The summed E-state index contributed by atoms with van der Waals surface area (Å²) in [4.78, 5) is 0. The van der Waals surface area contributed by atoms with E-state index in [0.717, 1.165) is 33.6 Å². The van der Waals surface area contributed by atoms with Crippen molar-refractivity contribution < 1.29 is 4.74 Å². The molecule has 0 radical (unpaired) electrons. The zero-order valence-corrected chi connectivity index (χ0v) is 17.5. The van der Waals surface area contributed by atoms with Crippen LogP contribution >= 0.6 is 11.6 Å². The van der Waals surface area contributed by atoms with Gasteiger partial charge in [0.15, 0.2) is 5.60 Å². The van der Waals surface area contributed by atoms with Gasteiger partial charge in [-0.05, 0) is 47.0 Å². The molecule has 1 atom stereocenters. The molecule has 0 N–H and O–H groups in total. The highest BCUT2D eigenvalue weighted by atomic mass is 35.5. The van der Waals surface area contributed by atoms with Gasteiger partial charge >= 0.3 is 0 Å². The molecule has 1 heterocycles.